The molecule has 25 heavy (non-hydrogen) atoms. The summed E-state index contributed by atoms with van der Waals surface area (Å²) < 4.78 is 5.37. The van der Waals surface area contributed by atoms with Crippen molar-refractivity contribution in [1.29, 1.82) is 0 Å². The van der Waals surface area contributed by atoms with E-state index in [1.807, 2.05) is 17.0 Å². The highest BCUT2D eigenvalue weighted by atomic mass is 16.5. The van der Waals surface area contributed by atoms with Gasteiger partial charge < -0.3 is 19.9 Å². The largest absolute Gasteiger partial charge is 0.378 e. The van der Waals surface area contributed by atoms with Crippen molar-refractivity contribution in [1.82, 2.24) is 9.88 Å². The van der Waals surface area contributed by atoms with Gasteiger partial charge in [-0.3, -0.25) is 0 Å². The summed E-state index contributed by atoms with van der Waals surface area (Å²) in [5.74, 6) is 1.72. The number of nitrogens with one attached hydrogen (secondary N) is 1. The highest BCUT2D eigenvalue weighted by Gasteiger charge is 2.20. The smallest absolute Gasteiger partial charge is 0.321 e. The minimum atomic E-state index is -0.00179. The molecular weight excluding hydrogens is 316 g/mol. The van der Waals surface area contributed by atoms with E-state index in [-0.39, 0.29) is 6.03 Å². The molecule has 2 saturated heterocycles. The molecule has 0 saturated carbocycles. The number of anilines is 2. The normalized spacial score (nSPS) is 21.7. The standard InChI is InChI=1S/C19H30N4O2/c1-2-4-16-5-3-9-23(10-8-16)19(24)21-17-6-7-18(20-15-17)22-11-13-25-14-12-22/h6-7,15-16H,2-5,8-14H2,1H3,(H,21,24). The Balaban J connectivity index is 1.52. The highest BCUT2D eigenvalue weighted by Crippen LogP contribution is 2.22. The summed E-state index contributed by atoms with van der Waals surface area (Å²) in [7, 11) is 0. The van der Waals surface area contributed by atoms with Gasteiger partial charge in [-0.1, -0.05) is 19.8 Å². The Morgan fingerprint density at radius 1 is 1.24 bits per heavy atom. The summed E-state index contributed by atoms with van der Waals surface area (Å²) in [5.41, 5.74) is 0.761. The van der Waals surface area contributed by atoms with Crippen molar-refractivity contribution >= 4 is 17.5 Å². The van der Waals surface area contributed by atoms with Crippen LogP contribution in [0.3, 0.4) is 0 Å². The van der Waals surface area contributed by atoms with E-state index in [1.165, 1.54) is 19.3 Å². The third kappa shape index (κ3) is 5.08. The molecule has 3 heterocycles. The Kier molecular flexibility index (Phi) is 6.50. The average molecular weight is 346 g/mol. The van der Waals surface area contributed by atoms with Crippen molar-refractivity contribution < 1.29 is 9.53 Å². The van der Waals surface area contributed by atoms with Crippen LogP contribution < -0.4 is 10.2 Å². The summed E-state index contributed by atoms with van der Waals surface area (Å²) in [6.07, 6.45) is 7.73. The maximum Gasteiger partial charge on any atom is 0.321 e. The van der Waals surface area contributed by atoms with Crippen LogP contribution in [-0.4, -0.2) is 55.3 Å². The van der Waals surface area contributed by atoms with Crippen molar-refractivity contribution in [3.63, 3.8) is 0 Å². The van der Waals surface area contributed by atoms with Crippen LogP contribution in [0.1, 0.15) is 39.0 Å². The predicted molar refractivity (Wildman–Crippen MR) is 100 cm³/mol. The number of pyridine rings is 1. The van der Waals surface area contributed by atoms with E-state index in [0.717, 1.165) is 69.7 Å². The number of urea groups is 1. The molecule has 1 unspecified atom stereocenters. The lowest BCUT2D eigenvalue weighted by atomic mass is 9.96. The predicted octanol–water partition coefficient (Wildman–Crippen LogP) is 3.35. The van der Waals surface area contributed by atoms with Gasteiger partial charge in [0.2, 0.25) is 0 Å². The van der Waals surface area contributed by atoms with Gasteiger partial charge in [-0.2, -0.15) is 0 Å². The number of carbonyl (C=O) groups is 1. The molecule has 2 aliphatic heterocycles. The van der Waals surface area contributed by atoms with Crippen LogP contribution in [-0.2, 0) is 4.74 Å². The third-order valence-corrected chi connectivity index (χ3v) is 5.17. The molecule has 6 heteroatoms. The summed E-state index contributed by atoms with van der Waals surface area (Å²) in [6.45, 7) is 7.17. The van der Waals surface area contributed by atoms with Crippen LogP contribution in [0.4, 0.5) is 16.3 Å². The summed E-state index contributed by atoms with van der Waals surface area (Å²) >= 11 is 0. The number of rotatable bonds is 4. The number of nitrogens with zero attached hydrogens (tertiary/aromatic N) is 3. The Bertz CT molecular complexity index is 543. The van der Waals surface area contributed by atoms with E-state index >= 15 is 0 Å². The topological polar surface area (TPSA) is 57.7 Å². The Morgan fingerprint density at radius 2 is 2.08 bits per heavy atom. The molecule has 1 atom stereocenters. The average Bonchev–Trinajstić information content (AvgIpc) is 2.89. The number of amides is 2. The fourth-order valence-electron chi connectivity index (χ4n) is 3.71. The van der Waals surface area contributed by atoms with E-state index in [2.05, 4.69) is 22.1 Å². The van der Waals surface area contributed by atoms with Crippen molar-refractivity contribution in [2.45, 2.75) is 39.0 Å². The van der Waals surface area contributed by atoms with Gasteiger partial charge in [-0.15, -0.1) is 0 Å². The molecule has 1 N–H and O–H groups in total. The molecule has 2 fully saturated rings. The Morgan fingerprint density at radius 3 is 2.80 bits per heavy atom. The molecule has 0 aromatic carbocycles. The second-order valence-electron chi connectivity index (χ2n) is 7.01. The molecule has 2 aliphatic rings. The van der Waals surface area contributed by atoms with E-state index in [1.54, 1.807) is 6.20 Å². The van der Waals surface area contributed by atoms with Crippen LogP contribution in [0.2, 0.25) is 0 Å². The number of morpholine rings is 1. The molecule has 0 spiro atoms. The first-order valence-corrected chi connectivity index (χ1v) is 9.61. The van der Waals surface area contributed by atoms with Crippen LogP contribution in [0.5, 0.6) is 0 Å². The summed E-state index contributed by atoms with van der Waals surface area (Å²) in [5, 5.41) is 3.00. The zero-order valence-corrected chi connectivity index (χ0v) is 15.2. The number of hydrogen-bond donors (Lipinski definition) is 1. The molecule has 6 nitrogen and oxygen atoms in total. The number of carbonyl (C=O) groups excluding carboxylic acids is 1. The fraction of sp³-hybridized carbons (Fsp3) is 0.684. The monoisotopic (exact) mass is 346 g/mol. The molecule has 0 radical (unpaired) electrons. The van der Waals surface area contributed by atoms with Gasteiger partial charge in [0.05, 0.1) is 25.1 Å². The van der Waals surface area contributed by atoms with Crippen LogP contribution >= 0.6 is 0 Å². The number of hydrogen-bond acceptors (Lipinski definition) is 4. The lowest BCUT2D eigenvalue weighted by molar-refractivity contribution is 0.122. The molecule has 3 rings (SSSR count). The van der Waals surface area contributed by atoms with Crippen molar-refractivity contribution in [3.05, 3.63) is 18.3 Å². The summed E-state index contributed by atoms with van der Waals surface area (Å²) in [4.78, 5) is 21.2. The molecule has 0 bridgehead atoms. The first kappa shape index (κ1) is 18.0. The Hall–Kier alpha value is -1.82. The quantitative estimate of drug-likeness (QED) is 0.908. The van der Waals surface area contributed by atoms with Gasteiger partial charge in [0.15, 0.2) is 0 Å². The van der Waals surface area contributed by atoms with Gasteiger partial charge in [0, 0.05) is 26.2 Å². The minimum Gasteiger partial charge on any atom is -0.378 e. The molecular formula is C19H30N4O2. The van der Waals surface area contributed by atoms with Crippen molar-refractivity contribution in [3.8, 4) is 0 Å². The Labute approximate surface area is 150 Å². The maximum absolute atomic E-state index is 12.5. The highest BCUT2D eigenvalue weighted by molar-refractivity contribution is 5.89. The van der Waals surface area contributed by atoms with E-state index in [4.69, 9.17) is 4.74 Å². The van der Waals surface area contributed by atoms with Crippen LogP contribution in [0.15, 0.2) is 18.3 Å². The lowest BCUT2D eigenvalue weighted by Gasteiger charge is -2.27. The second kappa shape index (κ2) is 9.04. The van der Waals surface area contributed by atoms with E-state index < -0.39 is 0 Å². The zero-order chi connectivity index (χ0) is 17.5. The van der Waals surface area contributed by atoms with Gasteiger partial charge in [0.1, 0.15) is 5.82 Å². The second-order valence-corrected chi connectivity index (χ2v) is 7.01. The van der Waals surface area contributed by atoms with Crippen molar-refractivity contribution in [2.75, 3.05) is 49.6 Å². The van der Waals surface area contributed by atoms with Crippen LogP contribution in [0.25, 0.3) is 0 Å². The van der Waals surface area contributed by atoms with Crippen molar-refractivity contribution in [2.24, 2.45) is 5.92 Å². The summed E-state index contributed by atoms with van der Waals surface area (Å²) in [6, 6.07) is 3.91. The molecule has 138 valence electrons. The van der Waals surface area contributed by atoms with Gasteiger partial charge in [0.25, 0.3) is 0 Å². The lowest BCUT2D eigenvalue weighted by Crippen LogP contribution is -2.37. The van der Waals surface area contributed by atoms with Gasteiger partial charge in [-0.05, 0) is 37.3 Å². The molecule has 1 aromatic heterocycles. The van der Waals surface area contributed by atoms with E-state index in [0.29, 0.717) is 0 Å². The molecule has 0 aliphatic carbocycles. The molecule has 2 amide bonds. The first-order valence-electron chi connectivity index (χ1n) is 9.61. The maximum atomic E-state index is 12.5. The fourth-order valence-corrected chi connectivity index (χ4v) is 3.71. The third-order valence-electron chi connectivity index (χ3n) is 5.17. The SMILES string of the molecule is CCCC1CCCN(C(=O)Nc2ccc(N3CCOCC3)nc2)CC1. The minimum absolute atomic E-state index is 0.00179. The van der Waals surface area contributed by atoms with E-state index in [9.17, 15) is 4.79 Å². The molecule has 1 aromatic rings. The van der Waals surface area contributed by atoms with Gasteiger partial charge in [-0.25, -0.2) is 9.78 Å². The number of likely N-dealkylation sites (tertiary alicyclic amines) is 1. The van der Waals surface area contributed by atoms with Crippen LogP contribution in [0, 0.1) is 5.92 Å². The zero-order valence-electron chi connectivity index (χ0n) is 15.2. The number of ether oxygens (including phenoxy) is 1. The van der Waals surface area contributed by atoms with Gasteiger partial charge >= 0.3 is 6.03 Å². The first-order chi connectivity index (χ1) is 12.3. The number of aromatic nitrogens is 1.